The molecule has 0 aromatic heterocycles. The van der Waals surface area contributed by atoms with Gasteiger partial charge in [0.25, 0.3) is 0 Å². The highest BCUT2D eigenvalue weighted by Crippen LogP contribution is 2.32. The van der Waals surface area contributed by atoms with E-state index in [0.29, 0.717) is 36.1 Å². The summed E-state index contributed by atoms with van der Waals surface area (Å²) in [7, 11) is 0. The minimum atomic E-state index is -0.594. The Morgan fingerprint density at radius 1 is 0.867 bits per heavy atom. The number of rotatable bonds is 2. The summed E-state index contributed by atoms with van der Waals surface area (Å²) in [5.74, 6) is -1.48. The third-order valence-corrected chi connectivity index (χ3v) is 4.93. The number of hydrogen-bond donors (Lipinski definition) is 3. The second-order valence-corrected chi connectivity index (χ2v) is 7.43. The van der Waals surface area contributed by atoms with Gasteiger partial charge >= 0.3 is 0 Å². The maximum absolute atomic E-state index is 13.4. The Morgan fingerprint density at radius 2 is 1.33 bits per heavy atom. The lowest BCUT2D eigenvalue weighted by molar-refractivity contribution is 0.0989. The summed E-state index contributed by atoms with van der Waals surface area (Å²) < 4.78 is 37.1. The average molecular weight is 419 g/mol. The van der Waals surface area contributed by atoms with Gasteiger partial charge < -0.3 is 26.7 Å². The zero-order valence-corrected chi connectivity index (χ0v) is 16.4. The lowest BCUT2D eigenvalue weighted by atomic mass is 9.93. The lowest BCUT2D eigenvalue weighted by Gasteiger charge is -2.24. The summed E-state index contributed by atoms with van der Waals surface area (Å²) in [6, 6.07) is 4.94. The molecular weight excluding hydrogens is 396 g/mol. The Bertz CT molecular complexity index is 917. The van der Waals surface area contributed by atoms with Gasteiger partial charge in [-0.1, -0.05) is 6.92 Å². The van der Waals surface area contributed by atoms with E-state index in [9.17, 15) is 18.4 Å². The highest BCUT2D eigenvalue weighted by molar-refractivity contribution is 5.95. The van der Waals surface area contributed by atoms with Gasteiger partial charge in [-0.25, -0.2) is 8.78 Å². The smallest absolute Gasteiger partial charge is 0.249 e. The summed E-state index contributed by atoms with van der Waals surface area (Å²) in [5, 5.41) is 0. The fourth-order valence-electron chi connectivity index (χ4n) is 3.52. The van der Waals surface area contributed by atoms with Gasteiger partial charge in [-0.2, -0.15) is 0 Å². The van der Waals surface area contributed by atoms with E-state index in [1.807, 2.05) is 6.92 Å². The highest BCUT2D eigenvalue weighted by Gasteiger charge is 2.25. The van der Waals surface area contributed by atoms with Gasteiger partial charge in [-0.15, -0.1) is 0 Å². The van der Waals surface area contributed by atoms with Crippen molar-refractivity contribution in [1.29, 1.82) is 0 Å². The van der Waals surface area contributed by atoms with Gasteiger partial charge in [0.2, 0.25) is 11.8 Å². The van der Waals surface area contributed by atoms with Crippen molar-refractivity contribution in [3.05, 3.63) is 58.2 Å². The second kappa shape index (κ2) is 8.66. The summed E-state index contributed by atoms with van der Waals surface area (Å²) in [5.41, 5.74) is 17.8. The summed E-state index contributed by atoms with van der Waals surface area (Å²) >= 11 is 0. The van der Waals surface area contributed by atoms with Crippen LogP contribution in [-0.2, 0) is 12.8 Å². The van der Waals surface area contributed by atoms with Crippen molar-refractivity contribution >= 4 is 11.8 Å². The molecule has 2 atom stereocenters. The number of fused-ring (bicyclic) bond motifs is 2. The molecule has 0 spiro atoms. The third-order valence-electron chi connectivity index (χ3n) is 4.93. The van der Waals surface area contributed by atoms with Crippen molar-refractivity contribution in [1.82, 2.24) is 0 Å². The predicted octanol–water partition coefficient (Wildman–Crippen LogP) is 1.68. The monoisotopic (exact) mass is 419 g/mol. The van der Waals surface area contributed by atoms with Crippen LogP contribution >= 0.6 is 0 Å². The number of carbonyl (C=O) groups excluding carboxylic acids is 2. The fraction of sp³-hybridized carbons (Fsp3) is 0.333. The maximum atomic E-state index is 13.4. The molecule has 4 rings (SSSR count). The van der Waals surface area contributed by atoms with Gasteiger partial charge in [0.05, 0.1) is 6.61 Å². The molecule has 0 fully saturated rings. The number of amides is 2. The molecular formula is C21H23F2N3O4. The Labute approximate surface area is 172 Å². The molecule has 7 nitrogen and oxygen atoms in total. The van der Waals surface area contributed by atoms with Crippen LogP contribution in [0.1, 0.15) is 38.8 Å². The first-order chi connectivity index (χ1) is 14.2. The van der Waals surface area contributed by atoms with Crippen LogP contribution in [0.5, 0.6) is 11.5 Å². The van der Waals surface area contributed by atoms with Crippen molar-refractivity contribution in [3.8, 4) is 11.5 Å². The van der Waals surface area contributed by atoms with Crippen molar-refractivity contribution < 1.29 is 27.8 Å². The fourth-order valence-corrected chi connectivity index (χ4v) is 3.52. The minimum Gasteiger partial charge on any atom is -0.490 e. The van der Waals surface area contributed by atoms with E-state index in [2.05, 4.69) is 0 Å². The van der Waals surface area contributed by atoms with Crippen LogP contribution in [0, 0.1) is 17.6 Å². The van der Waals surface area contributed by atoms with E-state index in [-0.39, 0.29) is 35.6 Å². The van der Waals surface area contributed by atoms with Crippen molar-refractivity contribution in [2.24, 2.45) is 23.1 Å². The molecule has 6 N–H and O–H groups in total. The van der Waals surface area contributed by atoms with Crippen LogP contribution < -0.4 is 26.7 Å². The van der Waals surface area contributed by atoms with Gasteiger partial charge in [-0.3, -0.25) is 9.59 Å². The summed E-state index contributed by atoms with van der Waals surface area (Å²) in [6.07, 6.45) is 1.04. The van der Waals surface area contributed by atoms with Crippen molar-refractivity contribution in [2.75, 3.05) is 13.2 Å². The molecule has 30 heavy (non-hydrogen) atoms. The van der Waals surface area contributed by atoms with E-state index < -0.39 is 23.4 Å². The average Bonchev–Trinajstić information content (AvgIpc) is 2.68. The SMILES string of the molecule is C[C@H]1COc2c(F)ccc(C(N)=O)c2C1.NC(=O)c1ccc(F)c2c1CC(N)CO2. The molecule has 160 valence electrons. The molecule has 2 aliphatic rings. The number of nitrogens with two attached hydrogens (primary N) is 3. The van der Waals surface area contributed by atoms with Crippen molar-refractivity contribution in [2.45, 2.75) is 25.8 Å². The molecule has 2 amide bonds. The van der Waals surface area contributed by atoms with Crippen LogP contribution in [0.4, 0.5) is 8.78 Å². The second-order valence-electron chi connectivity index (χ2n) is 7.43. The van der Waals surface area contributed by atoms with Crippen LogP contribution in [0.15, 0.2) is 24.3 Å². The number of primary amides is 2. The maximum Gasteiger partial charge on any atom is 0.249 e. The van der Waals surface area contributed by atoms with E-state index in [4.69, 9.17) is 26.7 Å². The molecule has 0 aliphatic carbocycles. The topological polar surface area (TPSA) is 131 Å². The van der Waals surface area contributed by atoms with E-state index in [1.54, 1.807) is 0 Å². The molecule has 0 radical (unpaired) electrons. The molecule has 0 saturated heterocycles. The normalized spacial score (nSPS) is 19.2. The van der Waals surface area contributed by atoms with E-state index in [0.717, 1.165) is 0 Å². The number of hydrogen-bond acceptors (Lipinski definition) is 5. The Balaban J connectivity index is 0.000000171. The lowest BCUT2D eigenvalue weighted by Crippen LogP contribution is -2.35. The van der Waals surface area contributed by atoms with Crippen LogP contribution in [0.3, 0.4) is 0 Å². The van der Waals surface area contributed by atoms with E-state index in [1.165, 1.54) is 24.3 Å². The number of benzene rings is 2. The molecule has 2 aromatic rings. The predicted molar refractivity (Wildman–Crippen MR) is 105 cm³/mol. The summed E-state index contributed by atoms with van der Waals surface area (Å²) in [4.78, 5) is 22.2. The number of ether oxygens (including phenoxy) is 2. The van der Waals surface area contributed by atoms with Crippen LogP contribution in [0.25, 0.3) is 0 Å². The Hall–Kier alpha value is -3.20. The molecule has 2 aromatic carbocycles. The standard InChI is InChI=1S/C11H12FNO2.C10H11FN2O2/c1-6-4-8-7(11(13)14)2-3-9(12)10(8)15-5-6;11-8-2-1-6(10(13)14)7-3-5(12)4-15-9(7)8/h2-3,6H,4-5H2,1H3,(H2,13,14);1-2,5H,3-4,12H2,(H2,13,14)/t6-;/m1./s1. The molecule has 0 saturated carbocycles. The first-order valence-corrected chi connectivity index (χ1v) is 9.42. The Kier molecular flexibility index (Phi) is 6.21. The first kappa shape index (κ1) is 21.5. The van der Waals surface area contributed by atoms with Gasteiger partial charge in [0, 0.05) is 28.3 Å². The van der Waals surface area contributed by atoms with Gasteiger partial charge in [0.1, 0.15) is 6.61 Å². The molecule has 1 unspecified atom stereocenters. The molecule has 0 bridgehead atoms. The van der Waals surface area contributed by atoms with Gasteiger partial charge in [0.15, 0.2) is 23.1 Å². The third kappa shape index (κ3) is 4.35. The van der Waals surface area contributed by atoms with Crippen LogP contribution in [0.2, 0.25) is 0 Å². The molecule has 2 aliphatic heterocycles. The van der Waals surface area contributed by atoms with Crippen molar-refractivity contribution in [3.63, 3.8) is 0 Å². The molecule has 9 heteroatoms. The number of halogens is 2. The first-order valence-electron chi connectivity index (χ1n) is 9.42. The largest absolute Gasteiger partial charge is 0.490 e. The molecule has 2 heterocycles. The Morgan fingerprint density at radius 3 is 1.83 bits per heavy atom. The quantitative estimate of drug-likeness (QED) is 0.682. The highest BCUT2D eigenvalue weighted by atomic mass is 19.1. The van der Waals surface area contributed by atoms with Crippen LogP contribution in [-0.4, -0.2) is 31.1 Å². The van der Waals surface area contributed by atoms with E-state index >= 15 is 0 Å². The zero-order chi connectivity index (χ0) is 22.0. The minimum absolute atomic E-state index is 0.105. The summed E-state index contributed by atoms with van der Waals surface area (Å²) in [6.45, 7) is 2.72. The zero-order valence-electron chi connectivity index (χ0n) is 16.4. The number of carbonyl (C=O) groups is 2. The van der Waals surface area contributed by atoms with Gasteiger partial charge in [-0.05, 0) is 43.0 Å².